The van der Waals surface area contributed by atoms with Crippen LogP contribution in [0.2, 0.25) is 0 Å². The summed E-state index contributed by atoms with van der Waals surface area (Å²) in [5.41, 5.74) is 4.55. The zero-order valence-corrected chi connectivity index (χ0v) is 10.6. The van der Waals surface area contributed by atoms with Gasteiger partial charge in [0.15, 0.2) is 5.78 Å². The number of Topliss-reactive ketones (excluding diaryl/α,β-unsaturated/α-hetero) is 1. The fraction of sp³-hybridized carbons (Fsp3) is 0.0588. The molecule has 0 radical (unpaired) electrons. The molecule has 3 nitrogen and oxygen atoms in total. The van der Waals surface area contributed by atoms with Gasteiger partial charge in [0.1, 0.15) is 0 Å². The number of rotatable bonds is 0. The van der Waals surface area contributed by atoms with Gasteiger partial charge >= 0.3 is 0 Å². The molecule has 0 saturated heterocycles. The maximum atomic E-state index is 12.3. The van der Waals surface area contributed by atoms with Crippen LogP contribution in [0, 0.1) is 0 Å². The third-order valence-electron chi connectivity index (χ3n) is 3.84. The molecule has 0 atom stereocenters. The lowest BCUT2D eigenvalue weighted by molar-refractivity contribution is -0.113. The molecule has 1 aliphatic carbocycles. The van der Waals surface area contributed by atoms with Crippen molar-refractivity contribution < 1.29 is 9.59 Å². The summed E-state index contributed by atoms with van der Waals surface area (Å²) in [5.74, 6) is -0.167. The molecule has 3 heteroatoms. The molecule has 0 bridgehead atoms. The first-order valence-corrected chi connectivity index (χ1v) is 6.52. The Morgan fingerprint density at radius 1 is 0.800 bits per heavy atom. The van der Waals surface area contributed by atoms with Crippen LogP contribution in [-0.4, -0.2) is 11.7 Å². The highest BCUT2D eigenvalue weighted by Gasteiger charge is 2.34. The zero-order chi connectivity index (χ0) is 13.7. The quantitative estimate of drug-likeness (QED) is 0.741. The Balaban J connectivity index is 2.05. The molecule has 2 aromatic carbocycles. The first-order chi connectivity index (χ1) is 9.75. The Hall–Kier alpha value is -2.68. The second-order valence-electron chi connectivity index (χ2n) is 5.01. The molecule has 1 aliphatic heterocycles. The fourth-order valence-corrected chi connectivity index (χ4v) is 2.97. The van der Waals surface area contributed by atoms with Crippen LogP contribution < -0.4 is 5.32 Å². The molecule has 20 heavy (non-hydrogen) atoms. The van der Waals surface area contributed by atoms with E-state index in [4.69, 9.17) is 0 Å². The van der Waals surface area contributed by atoms with Crippen molar-refractivity contribution in [1.82, 2.24) is 0 Å². The number of para-hydroxylation sites is 1. The topological polar surface area (TPSA) is 46.2 Å². The average molecular weight is 261 g/mol. The lowest BCUT2D eigenvalue weighted by Gasteiger charge is -2.04. The largest absolute Gasteiger partial charge is 0.321 e. The predicted molar refractivity (Wildman–Crippen MR) is 77.0 cm³/mol. The smallest absolute Gasteiger partial charge is 0.257 e. The van der Waals surface area contributed by atoms with Crippen LogP contribution >= 0.6 is 0 Å². The molecular weight excluding hydrogens is 250 g/mol. The van der Waals surface area contributed by atoms with Gasteiger partial charge < -0.3 is 5.32 Å². The van der Waals surface area contributed by atoms with Gasteiger partial charge in [-0.15, -0.1) is 0 Å². The molecule has 1 amide bonds. The van der Waals surface area contributed by atoms with Crippen molar-refractivity contribution in [1.29, 1.82) is 0 Å². The third kappa shape index (κ3) is 1.40. The first kappa shape index (κ1) is 11.2. The highest BCUT2D eigenvalue weighted by molar-refractivity contribution is 6.46. The molecule has 0 fully saturated rings. The van der Waals surface area contributed by atoms with E-state index in [1.54, 1.807) is 0 Å². The Bertz CT molecular complexity index is 735. The summed E-state index contributed by atoms with van der Waals surface area (Å²) >= 11 is 0. The number of carbonyl (C=O) groups excluding carboxylic acids is 2. The number of nitrogens with one attached hydrogen (secondary N) is 1. The van der Waals surface area contributed by atoms with Crippen LogP contribution in [0.3, 0.4) is 0 Å². The second-order valence-corrected chi connectivity index (χ2v) is 5.01. The normalized spacial score (nSPS) is 19.8. The van der Waals surface area contributed by atoms with Gasteiger partial charge in [-0.25, -0.2) is 0 Å². The van der Waals surface area contributed by atoms with E-state index in [9.17, 15) is 9.59 Å². The van der Waals surface area contributed by atoms with E-state index < -0.39 is 0 Å². The number of anilines is 1. The van der Waals surface area contributed by atoms with E-state index in [1.807, 2.05) is 48.5 Å². The van der Waals surface area contributed by atoms with Gasteiger partial charge in [-0.3, -0.25) is 9.59 Å². The van der Waals surface area contributed by atoms with Crippen molar-refractivity contribution in [2.24, 2.45) is 0 Å². The minimum Gasteiger partial charge on any atom is -0.321 e. The van der Waals surface area contributed by atoms with Crippen molar-refractivity contribution in [3.05, 3.63) is 65.2 Å². The SMILES string of the molecule is O=C1Cc2ccccc2/C1=C1\C(=O)Nc2ccccc21. The molecule has 4 rings (SSSR count). The van der Waals surface area contributed by atoms with Gasteiger partial charge in [0.25, 0.3) is 5.91 Å². The average Bonchev–Trinajstić information content (AvgIpc) is 2.94. The van der Waals surface area contributed by atoms with E-state index >= 15 is 0 Å². The van der Waals surface area contributed by atoms with Crippen LogP contribution in [0.4, 0.5) is 5.69 Å². The van der Waals surface area contributed by atoms with Crippen molar-refractivity contribution in [2.45, 2.75) is 6.42 Å². The van der Waals surface area contributed by atoms with E-state index in [2.05, 4.69) is 5.32 Å². The molecule has 2 aliphatic rings. The summed E-state index contributed by atoms with van der Waals surface area (Å²) in [6, 6.07) is 15.2. The lowest BCUT2D eigenvalue weighted by Crippen LogP contribution is -2.08. The number of ketones is 1. The molecular formula is C17H11NO2. The highest BCUT2D eigenvalue weighted by atomic mass is 16.2. The monoisotopic (exact) mass is 261 g/mol. The standard InChI is InChI=1S/C17H11NO2/c19-14-9-10-5-1-2-6-11(10)15(14)16-12-7-3-4-8-13(12)18-17(16)20/h1-8H,9H2,(H,18,20)/b16-15+. The zero-order valence-electron chi connectivity index (χ0n) is 10.6. The van der Waals surface area contributed by atoms with Crippen molar-refractivity contribution in [3.8, 4) is 0 Å². The van der Waals surface area contributed by atoms with Crippen LogP contribution in [0.25, 0.3) is 11.1 Å². The molecule has 0 saturated carbocycles. The minimum atomic E-state index is -0.189. The second kappa shape index (κ2) is 3.90. The summed E-state index contributed by atoms with van der Waals surface area (Å²) in [6.45, 7) is 0. The summed E-state index contributed by atoms with van der Waals surface area (Å²) < 4.78 is 0. The fourth-order valence-electron chi connectivity index (χ4n) is 2.97. The van der Waals surface area contributed by atoms with Crippen molar-refractivity contribution >= 4 is 28.5 Å². The van der Waals surface area contributed by atoms with E-state index in [0.717, 1.165) is 22.4 Å². The molecule has 1 heterocycles. The highest BCUT2D eigenvalue weighted by Crippen LogP contribution is 2.41. The minimum absolute atomic E-state index is 0.0213. The van der Waals surface area contributed by atoms with Gasteiger partial charge in [-0.1, -0.05) is 42.5 Å². The first-order valence-electron chi connectivity index (χ1n) is 6.52. The molecule has 96 valence electrons. The Morgan fingerprint density at radius 3 is 2.35 bits per heavy atom. The molecule has 0 unspecified atom stereocenters. The maximum absolute atomic E-state index is 12.3. The van der Waals surface area contributed by atoms with Crippen molar-refractivity contribution in [2.75, 3.05) is 5.32 Å². The van der Waals surface area contributed by atoms with Crippen LogP contribution in [0.15, 0.2) is 48.5 Å². The van der Waals surface area contributed by atoms with E-state index in [-0.39, 0.29) is 11.7 Å². The van der Waals surface area contributed by atoms with Gasteiger partial charge in [0.2, 0.25) is 0 Å². The lowest BCUT2D eigenvalue weighted by atomic mass is 9.96. The van der Waals surface area contributed by atoms with Gasteiger partial charge in [-0.05, 0) is 17.2 Å². The molecule has 1 N–H and O–H groups in total. The molecule has 0 aromatic heterocycles. The van der Waals surface area contributed by atoms with Crippen molar-refractivity contribution in [3.63, 3.8) is 0 Å². The van der Waals surface area contributed by atoms with Gasteiger partial charge in [-0.2, -0.15) is 0 Å². The van der Waals surface area contributed by atoms with Crippen LogP contribution in [0.1, 0.15) is 16.7 Å². The summed E-state index contributed by atoms with van der Waals surface area (Å²) in [6.07, 6.45) is 0.379. The van der Waals surface area contributed by atoms with E-state index in [0.29, 0.717) is 17.6 Å². The van der Waals surface area contributed by atoms with Crippen LogP contribution in [0.5, 0.6) is 0 Å². The Labute approximate surface area is 115 Å². The number of fused-ring (bicyclic) bond motifs is 2. The van der Waals surface area contributed by atoms with E-state index in [1.165, 1.54) is 0 Å². The molecule has 0 spiro atoms. The number of hydrogen-bond acceptors (Lipinski definition) is 2. The number of hydrogen-bond donors (Lipinski definition) is 1. The predicted octanol–water partition coefficient (Wildman–Crippen LogP) is 2.67. The van der Waals surface area contributed by atoms with Crippen LogP contribution in [-0.2, 0) is 16.0 Å². The Kier molecular flexibility index (Phi) is 2.18. The summed E-state index contributed by atoms with van der Waals surface area (Å²) in [4.78, 5) is 24.6. The van der Waals surface area contributed by atoms with Gasteiger partial charge in [0, 0.05) is 23.2 Å². The number of allylic oxidation sites excluding steroid dienone is 1. The summed E-state index contributed by atoms with van der Waals surface area (Å²) in [7, 11) is 0. The number of benzene rings is 2. The molecule has 2 aromatic rings. The number of amides is 1. The Morgan fingerprint density at radius 2 is 1.50 bits per heavy atom. The number of carbonyl (C=O) groups is 2. The maximum Gasteiger partial charge on any atom is 0.257 e. The third-order valence-corrected chi connectivity index (χ3v) is 3.84. The summed E-state index contributed by atoms with van der Waals surface area (Å²) in [5, 5.41) is 2.83. The van der Waals surface area contributed by atoms with Gasteiger partial charge in [0.05, 0.1) is 5.57 Å².